The standard InChI is InChI=1S/C17H11Cl2N7O2.3CH3.Sn/c1-28-26(15-11(18)7-20-8-12(15)19)17(27)10-4-2-3-9-5-6-13(21-14(9)10)16-22-24-25-23-16;;;;/h2-8H,1H3,(H,21,22,23,24,25,27);3*1H3;/q;;;;+1/p-1. The van der Waals surface area contributed by atoms with Crippen molar-refractivity contribution in [1.29, 1.82) is 0 Å². The van der Waals surface area contributed by atoms with Crippen molar-refractivity contribution >= 4 is 64.3 Å². The van der Waals surface area contributed by atoms with Crippen LogP contribution in [0.1, 0.15) is 10.4 Å². The van der Waals surface area contributed by atoms with Crippen LogP contribution in [0.3, 0.4) is 0 Å². The van der Waals surface area contributed by atoms with Gasteiger partial charge in [-0.05, 0) is 0 Å². The second-order valence-electron chi connectivity index (χ2n) is 7.88. The molecule has 0 spiro atoms. The summed E-state index contributed by atoms with van der Waals surface area (Å²) in [6.45, 7) is 0. The molecular formula is C20H19Cl2N7O2Sn. The predicted octanol–water partition coefficient (Wildman–Crippen LogP) is 4.48. The number of carbonyl (C=O) groups is 1. The van der Waals surface area contributed by atoms with Gasteiger partial charge in [0, 0.05) is 0 Å². The van der Waals surface area contributed by atoms with Gasteiger partial charge in [-0.3, -0.25) is 4.98 Å². The zero-order valence-electron chi connectivity index (χ0n) is 17.7. The summed E-state index contributed by atoms with van der Waals surface area (Å²) in [4.78, 5) is 34.0. The molecule has 1 amide bonds. The van der Waals surface area contributed by atoms with E-state index < -0.39 is 24.6 Å². The maximum absolute atomic E-state index is 13.5. The van der Waals surface area contributed by atoms with Crippen molar-refractivity contribution in [2.45, 2.75) is 14.8 Å². The number of halogens is 2. The molecule has 0 saturated carbocycles. The van der Waals surface area contributed by atoms with Crippen molar-refractivity contribution in [3.63, 3.8) is 0 Å². The van der Waals surface area contributed by atoms with Crippen molar-refractivity contribution in [3.8, 4) is 11.5 Å². The van der Waals surface area contributed by atoms with Crippen LogP contribution < -0.4 is 5.06 Å². The van der Waals surface area contributed by atoms with E-state index in [1.165, 1.54) is 19.5 Å². The van der Waals surface area contributed by atoms with Crippen molar-refractivity contribution in [1.82, 2.24) is 28.4 Å². The molecule has 4 aromatic rings. The maximum atomic E-state index is 13.5. The predicted molar refractivity (Wildman–Crippen MR) is 125 cm³/mol. The normalized spacial score (nSPS) is 11.7. The number of rotatable bonds is 5. The summed E-state index contributed by atoms with van der Waals surface area (Å²) in [7, 11) is 1.36. The minimum atomic E-state index is -2.55. The first kappa shape index (κ1) is 22.8. The van der Waals surface area contributed by atoms with E-state index in [0.29, 0.717) is 22.6 Å². The van der Waals surface area contributed by atoms with Gasteiger partial charge in [-0.2, -0.15) is 0 Å². The van der Waals surface area contributed by atoms with E-state index in [2.05, 4.69) is 40.2 Å². The summed E-state index contributed by atoms with van der Waals surface area (Å²) in [6.07, 6.45) is 2.77. The average Bonchev–Trinajstić information content (AvgIpc) is 3.26. The molecule has 0 radical (unpaired) electrons. The molecule has 0 saturated heterocycles. The Morgan fingerprint density at radius 1 is 1.09 bits per heavy atom. The monoisotopic (exact) mass is 579 g/mol. The third-order valence-corrected chi connectivity index (χ3v) is 9.11. The van der Waals surface area contributed by atoms with E-state index in [0.717, 1.165) is 10.4 Å². The molecule has 0 bridgehead atoms. The Morgan fingerprint density at radius 3 is 2.44 bits per heavy atom. The van der Waals surface area contributed by atoms with Gasteiger partial charge < -0.3 is 0 Å². The van der Waals surface area contributed by atoms with Crippen LogP contribution in [-0.4, -0.2) is 60.1 Å². The van der Waals surface area contributed by atoms with Gasteiger partial charge in [-0.1, -0.05) is 0 Å². The SMILES string of the molecule is CON(C(=O)c1cccc2ccc(-c3nn[n]([Sn]([CH3])([CH3])[CH3])n3)nc12)c1c(Cl)cncc1Cl. The molecule has 12 heteroatoms. The number of hydrogen-bond acceptors (Lipinski definition) is 7. The van der Waals surface area contributed by atoms with Gasteiger partial charge in [0.05, 0.1) is 0 Å². The topological polar surface area (TPSA) is 98.9 Å². The first-order valence-corrected chi connectivity index (χ1v) is 20.2. The molecule has 0 N–H and O–H groups in total. The van der Waals surface area contributed by atoms with Crippen LogP contribution in [0.4, 0.5) is 5.69 Å². The Hall–Kier alpha value is -2.34. The van der Waals surface area contributed by atoms with E-state index >= 15 is 0 Å². The number of anilines is 1. The second kappa shape index (κ2) is 8.89. The molecule has 9 nitrogen and oxygen atoms in total. The first-order valence-electron chi connectivity index (χ1n) is 9.59. The fourth-order valence-electron chi connectivity index (χ4n) is 3.03. The van der Waals surface area contributed by atoms with Crippen LogP contribution >= 0.6 is 23.2 Å². The molecule has 4 rings (SSSR count). The number of nitrogens with zero attached hydrogens (tertiary/aromatic N) is 7. The third kappa shape index (κ3) is 4.29. The number of amides is 1. The van der Waals surface area contributed by atoms with E-state index in [1.54, 1.807) is 21.2 Å². The molecule has 0 fully saturated rings. The van der Waals surface area contributed by atoms with E-state index in [1.807, 2.05) is 12.1 Å². The molecular weight excluding hydrogens is 560 g/mol. The zero-order valence-corrected chi connectivity index (χ0v) is 22.1. The van der Waals surface area contributed by atoms with Gasteiger partial charge in [0.15, 0.2) is 0 Å². The molecule has 1 aromatic carbocycles. The van der Waals surface area contributed by atoms with Gasteiger partial charge >= 0.3 is 194 Å². The number of carbonyl (C=O) groups excluding carboxylic acids is 1. The van der Waals surface area contributed by atoms with Gasteiger partial charge in [-0.25, -0.2) is 0 Å². The Bertz CT molecular complexity index is 1300. The van der Waals surface area contributed by atoms with Crippen LogP contribution in [0.15, 0.2) is 42.7 Å². The number of hydroxylamine groups is 1. The van der Waals surface area contributed by atoms with Gasteiger partial charge in [-0.15, -0.1) is 0 Å². The summed E-state index contributed by atoms with van der Waals surface area (Å²) in [5.74, 6) is -0.0788. The van der Waals surface area contributed by atoms with Crippen molar-refractivity contribution in [2.24, 2.45) is 0 Å². The number of para-hydroxylation sites is 1. The number of tetrazole rings is 1. The number of fused-ring (bicyclic) bond motifs is 1. The first-order chi connectivity index (χ1) is 15.2. The number of benzene rings is 1. The minimum absolute atomic E-state index is 0.177. The van der Waals surface area contributed by atoms with E-state index in [-0.39, 0.29) is 15.7 Å². The van der Waals surface area contributed by atoms with E-state index in [4.69, 9.17) is 28.0 Å². The van der Waals surface area contributed by atoms with Crippen molar-refractivity contribution in [2.75, 3.05) is 12.2 Å². The molecule has 0 aliphatic heterocycles. The molecule has 0 aliphatic carbocycles. The Balaban J connectivity index is 1.81. The molecule has 0 aliphatic rings. The van der Waals surface area contributed by atoms with E-state index in [9.17, 15) is 4.79 Å². The Kier molecular flexibility index (Phi) is 6.35. The molecule has 0 atom stereocenters. The van der Waals surface area contributed by atoms with Gasteiger partial charge in [0.2, 0.25) is 0 Å². The Morgan fingerprint density at radius 2 is 1.81 bits per heavy atom. The number of pyridine rings is 2. The van der Waals surface area contributed by atoms with Crippen LogP contribution in [-0.2, 0) is 4.84 Å². The van der Waals surface area contributed by atoms with Gasteiger partial charge in [0.25, 0.3) is 0 Å². The van der Waals surface area contributed by atoms with Crippen LogP contribution in [0, 0.1) is 0 Å². The fraction of sp³-hybridized carbons (Fsp3) is 0.200. The quantitative estimate of drug-likeness (QED) is 0.254. The summed E-state index contributed by atoms with van der Waals surface area (Å²) in [5, 5.41) is 15.0. The molecule has 3 aromatic heterocycles. The summed E-state index contributed by atoms with van der Waals surface area (Å²) < 4.78 is 1.73. The fourth-order valence-corrected chi connectivity index (χ4v) is 5.57. The molecule has 3 heterocycles. The number of aromatic nitrogens is 6. The zero-order chi connectivity index (χ0) is 23.0. The number of hydrogen-bond donors (Lipinski definition) is 0. The summed E-state index contributed by atoms with van der Waals surface area (Å²) >= 11 is 9.93. The van der Waals surface area contributed by atoms with Crippen molar-refractivity contribution < 1.29 is 9.63 Å². The van der Waals surface area contributed by atoms with Crippen LogP contribution in [0.2, 0.25) is 24.9 Å². The molecule has 32 heavy (non-hydrogen) atoms. The molecule has 164 valence electrons. The van der Waals surface area contributed by atoms with Crippen LogP contribution in [0.5, 0.6) is 0 Å². The average molecular weight is 579 g/mol. The second-order valence-corrected chi connectivity index (χ2v) is 22.2. The molecule has 0 unspecified atom stereocenters. The van der Waals surface area contributed by atoms with Gasteiger partial charge in [0.1, 0.15) is 0 Å². The van der Waals surface area contributed by atoms with Crippen molar-refractivity contribution in [3.05, 3.63) is 58.3 Å². The Labute approximate surface area is 198 Å². The summed E-state index contributed by atoms with van der Waals surface area (Å²) in [5.41, 5.74) is 1.49. The summed E-state index contributed by atoms with van der Waals surface area (Å²) in [6, 6.07) is 8.96. The third-order valence-electron chi connectivity index (χ3n) is 4.59. The van der Waals surface area contributed by atoms with Crippen LogP contribution in [0.25, 0.3) is 22.4 Å².